The Balaban J connectivity index is 2.93. The Kier molecular flexibility index (Phi) is 5.30. The SMILES string of the molecule is Cc1nn(C)c(C)c1S(=O)(=O)NC(C)C(=O)N[C@H](C)C(=O)O. The summed E-state index contributed by atoms with van der Waals surface area (Å²) in [6.07, 6.45) is 0. The number of aliphatic carboxylic acids is 1. The molecule has 0 saturated heterocycles. The number of nitrogens with zero attached hydrogens (tertiary/aromatic N) is 2. The normalized spacial score (nSPS) is 14.4. The molecule has 1 heterocycles. The highest BCUT2D eigenvalue weighted by Crippen LogP contribution is 2.18. The average Bonchev–Trinajstić information content (AvgIpc) is 2.62. The van der Waals surface area contributed by atoms with Crippen LogP contribution in [0.2, 0.25) is 0 Å². The molecule has 3 N–H and O–H groups in total. The van der Waals surface area contributed by atoms with Crippen molar-refractivity contribution in [1.82, 2.24) is 19.8 Å². The number of rotatable bonds is 6. The number of carboxylic acid groups (broad SMARTS) is 1. The molecule has 22 heavy (non-hydrogen) atoms. The second-order valence-electron chi connectivity index (χ2n) is 5.04. The number of aryl methyl sites for hydroxylation is 2. The number of nitrogens with one attached hydrogen (secondary N) is 2. The molecule has 0 saturated carbocycles. The van der Waals surface area contributed by atoms with Gasteiger partial charge in [-0.1, -0.05) is 0 Å². The van der Waals surface area contributed by atoms with Crippen LogP contribution in [0.5, 0.6) is 0 Å². The maximum absolute atomic E-state index is 12.4. The summed E-state index contributed by atoms with van der Waals surface area (Å²) in [5.74, 6) is -1.93. The van der Waals surface area contributed by atoms with Gasteiger partial charge in [0.2, 0.25) is 15.9 Å². The fourth-order valence-corrected chi connectivity index (χ4v) is 3.53. The molecule has 0 aliphatic rings. The number of aromatic nitrogens is 2. The van der Waals surface area contributed by atoms with Crippen LogP contribution in [0.25, 0.3) is 0 Å². The van der Waals surface area contributed by atoms with Crippen molar-refractivity contribution in [3.8, 4) is 0 Å². The molecule has 10 heteroatoms. The smallest absolute Gasteiger partial charge is 0.325 e. The Labute approximate surface area is 128 Å². The highest BCUT2D eigenvalue weighted by Gasteiger charge is 2.28. The van der Waals surface area contributed by atoms with E-state index < -0.39 is 34.0 Å². The van der Waals surface area contributed by atoms with Gasteiger partial charge in [-0.05, 0) is 27.7 Å². The fraction of sp³-hybridized carbons (Fsp3) is 0.583. The topological polar surface area (TPSA) is 130 Å². The third kappa shape index (κ3) is 3.83. The van der Waals surface area contributed by atoms with Gasteiger partial charge in [0.1, 0.15) is 10.9 Å². The molecule has 0 fully saturated rings. The first-order valence-electron chi connectivity index (χ1n) is 6.53. The van der Waals surface area contributed by atoms with Gasteiger partial charge in [0.15, 0.2) is 0 Å². The summed E-state index contributed by atoms with van der Waals surface area (Å²) in [5.41, 5.74) is 0.760. The lowest BCUT2D eigenvalue weighted by Gasteiger charge is -2.16. The van der Waals surface area contributed by atoms with Gasteiger partial charge in [0.05, 0.1) is 17.4 Å². The minimum atomic E-state index is -3.94. The van der Waals surface area contributed by atoms with Crippen molar-refractivity contribution < 1.29 is 23.1 Å². The number of hydrogen-bond acceptors (Lipinski definition) is 5. The van der Waals surface area contributed by atoms with Crippen LogP contribution in [0.15, 0.2) is 4.90 Å². The van der Waals surface area contributed by atoms with E-state index in [2.05, 4.69) is 15.1 Å². The molecular formula is C12H20N4O5S. The van der Waals surface area contributed by atoms with Crippen LogP contribution in [0.4, 0.5) is 0 Å². The van der Waals surface area contributed by atoms with Crippen molar-refractivity contribution in [1.29, 1.82) is 0 Å². The van der Waals surface area contributed by atoms with Gasteiger partial charge in [-0.25, -0.2) is 8.42 Å². The largest absolute Gasteiger partial charge is 0.480 e. The van der Waals surface area contributed by atoms with E-state index in [1.165, 1.54) is 18.5 Å². The summed E-state index contributed by atoms with van der Waals surface area (Å²) >= 11 is 0. The third-order valence-electron chi connectivity index (χ3n) is 3.17. The van der Waals surface area contributed by atoms with E-state index in [9.17, 15) is 18.0 Å². The van der Waals surface area contributed by atoms with E-state index in [0.29, 0.717) is 11.4 Å². The molecule has 0 aliphatic heterocycles. The van der Waals surface area contributed by atoms with E-state index >= 15 is 0 Å². The standard InChI is InChI=1S/C12H20N4O5S/c1-6-10(9(4)16(5)14-6)22(20,21)15-7(2)11(17)13-8(3)12(18)19/h7-8,15H,1-5H3,(H,13,17)(H,18,19)/t7?,8-/m1/s1. The highest BCUT2D eigenvalue weighted by molar-refractivity contribution is 7.89. The molecule has 0 radical (unpaired) electrons. The molecule has 1 aromatic rings. The number of carbonyl (C=O) groups is 2. The van der Waals surface area contributed by atoms with Crippen molar-refractivity contribution in [3.63, 3.8) is 0 Å². The lowest BCUT2D eigenvalue weighted by Crippen LogP contribution is -2.49. The quantitative estimate of drug-likeness (QED) is 0.631. The summed E-state index contributed by atoms with van der Waals surface area (Å²) < 4.78 is 28.4. The highest BCUT2D eigenvalue weighted by atomic mass is 32.2. The van der Waals surface area contributed by atoms with Crippen molar-refractivity contribution in [3.05, 3.63) is 11.4 Å². The number of hydrogen-bond donors (Lipinski definition) is 3. The average molecular weight is 332 g/mol. The number of amides is 1. The Bertz CT molecular complexity index is 695. The van der Waals surface area contributed by atoms with Crippen molar-refractivity contribution in [2.75, 3.05) is 0 Å². The third-order valence-corrected chi connectivity index (χ3v) is 4.96. The molecule has 124 valence electrons. The molecule has 0 aliphatic carbocycles. The zero-order chi connectivity index (χ0) is 17.2. The van der Waals surface area contributed by atoms with Gasteiger partial charge in [-0.2, -0.15) is 9.82 Å². The van der Waals surface area contributed by atoms with Crippen LogP contribution in [0.3, 0.4) is 0 Å². The van der Waals surface area contributed by atoms with Crippen molar-refractivity contribution in [2.45, 2.75) is 44.7 Å². The van der Waals surface area contributed by atoms with Gasteiger partial charge >= 0.3 is 5.97 Å². The van der Waals surface area contributed by atoms with Crippen molar-refractivity contribution in [2.24, 2.45) is 7.05 Å². The van der Waals surface area contributed by atoms with E-state index in [0.717, 1.165) is 0 Å². The van der Waals surface area contributed by atoms with Gasteiger partial charge in [0, 0.05) is 7.05 Å². The van der Waals surface area contributed by atoms with E-state index in [-0.39, 0.29) is 4.90 Å². The summed E-state index contributed by atoms with van der Waals surface area (Å²) in [5, 5.41) is 15.0. The van der Waals surface area contributed by atoms with E-state index in [4.69, 9.17) is 5.11 Å². The van der Waals surface area contributed by atoms with E-state index in [1.807, 2.05) is 0 Å². The number of carbonyl (C=O) groups excluding carboxylic acids is 1. The minimum Gasteiger partial charge on any atom is -0.480 e. The van der Waals surface area contributed by atoms with Crippen LogP contribution in [-0.2, 0) is 26.7 Å². The summed E-state index contributed by atoms with van der Waals surface area (Å²) in [6.45, 7) is 5.78. The molecule has 0 spiro atoms. The number of carboxylic acids is 1. The monoisotopic (exact) mass is 332 g/mol. The minimum absolute atomic E-state index is 0.0148. The Morgan fingerprint density at radius 1 is 1.23 bits per heavy atom. The molecular weight excluding hydrogens is 312 g/mol. The Morgan fingerprint density at radius 3 is 2.18 bits per heavy atom. The molecule has 9 nitrogen and oxygen atoms in total. The van der Waals surface area contributed by atoms with Crippen molar-refractivity contribution >= 4 is 21.9 Å². The predicted molar refractivity (Wildman–Crippen MR) is 77.7 cm³/mol. The zero-order valence-corrected chi connectivity index (χ0v) is 13.9. The first kappa shape index (κ1) is 18.1. The summed E-state index contributed by atoms with van der Waals surface area (Å²) in [6, 6.07) is -2.23. The molecule has 1 aromatic heterocycles. The van der Waals surface area contributed by atoms with Crippen LogP contribution < -0.4 is 10.0 Å². The van der Waals surface area contributed by atoms with Crippen LogP contribution in [-0.4, -0.2) is 47.3 Å². The molecule has 0 aromatic carbocycles. The second kappa shape index (κ2) is 6.44. The molecule has 1 rings (SSSR count). The second-order valence-corrected chi connectivity index (χ2v) is 6.69. The fourth-order valence-electron chi connectivity index (χ4n) is 1.89. The van der Waals surface area contributed by atoms with E-state index in [1.54, 1.807) is 20.9 Å². The maximum Gasteiger partial charge on any atom is 0.325 e. The lowest BCUT2D eigenvalue weighted by atomic mass is 10.3. The maximum atomic E-state index is 12.4. The summed E-state index contributed by atoms with van der Waals surface area (Å²) in [7, 11) is -2.33. The molecule has 2 atom stereocenters. The molecule has 1 amide bonds. The van der Waals surface area contributed by atoms with Crippen LogP contribution >= 0.6 is 0 Å². The van der Waals surface area contributed by atoms with Gasteiger partial charge in [-0.15, -0.1) is 0 Å². The Morgan fingerprint density at radius 2 is 1.77 bits per heavy atom. The zero-order valence-electron chi connectivity index (χ0n) is 13.0. The molecule has 1 unspecified atom stereocenters. The predicted octanol–water partition coefficient (Wildman–Crippen LogP) is -0.707. The number of sulfonamides is 1. The molecule has 0 bridgehead atoms. The first-order chi connectivity index (χ1) is 9.97. The lowest BCUT2D eigenvalue weighted by molar-refractivity contribution is -0.141. The Hall–Kier alpha value is -1.94. The van der Waals surface area contributed by atoms with Gasteiger partial charge in [0.25, 0.3) is 0 Å². The van der Waals surface area contributed by atoms with Crippen LogP contribution in [0.1, 0.15) is 25.2 Å². The van der Waals surface area contributed by atoms with Gasteiger partial charge in [-0.3, -0.25) is 14.3 Å². The first-order valence-corrected chi connectivity index (χ1v) is 8.01. The van der Waals surface area contributed by atoms with Gasteiger partial charge < -0.3 is 10.4 Å². The summed E-state index contributed by atoms with van der Waals surface area (Å²) in [4.78, 5) is 22.5. The van der Waals surface area contributed by atoms with Crippen LogP contribution in [0, 0.1) is 13.8 Å².